The summed E-state index contributed by atoms with van der Waals surface area (Å²) in [6, 6.07) is 6.93. The zero-order valence-electron chi connectivity index (χ0n) is 14.9. The number of anilines is 2. The van der Waals surface area contributed by atoms with Gasteiger partial charge in [0.1, 0.15) is 5.69 Å². The van der Waals surface area contributed by atoms with Crippen molar-refractivity contribution in [3.63, 3.8) is 0 Å². The van der Waals surface area contributed by atoms with Gasteiger partial charge in [-0.25, -0.2) is 30.7 Å². The largest absolute Gasteiger partial charge is 0.478 e. The Labute approximate surface area is 168 Å². The number of fused-ring (bicyclic) bond motifs is 1. The number of carbonyl (C=O) groups excluding carboxylic acids is 1. The van der Waals surface area contributed by atoms with E-state index in [-0.39, 0.29) is 5.69 Å². The van der Waals surface area contributed by atoms with Gasteiger partial charge in [0, 0.05) is 5.69 Å². The molecule has 11 heteroatoms. The number of ether oxygens (including phenoxy) is 1. The van der Waals surface area contributed by atoms with Crippen molar-refractivity contribution in [1.29, 1.82) is 0 Å². The molecule has 0 saturated carbocycles. The number of para-hydroxylation sites is 1. The number of amides is 1. The third-order valence-corrected chi connectivity index (χ3v) is 4.54. The first-order valence-electron chi connectivity index (χ1n) is 8.39. The van der Waals surface area contributed by atoms with E-state index in [0.29, 0.717) is 4.90 Å². The molecule has 0 radical (unpaired) electrons. The van der Waals surface area contributed by atoms with Crippen LogP contribution < -0.4 is 9.64 Å². The second-order valence-corrected chi connectivity index (χ2v) is 6.29. The maximum absolute atomic E-state index is 15.4. The number of benzene rings is 3. The van der Waals surface area contributed by atoms with Crippen molar-refractivity contribution in [2.45, 2.75) is 0 Å². The molecule has 0 N–H and O–H groups in total. The Balaban J connectivity index is 2.11. The maximum Gasteiger partial charge on any atom is 0.269 e. The van der Waals surface area contributed by atoms with Crippen LogP contribution in [0.1, 0.15) is 0 Å². The summed E-state index contributed by atoms with van der Waals surface area (Å²) in [5, 5.41) is 0. The average molecular weight is 445 g/mol. The second kappa shape index (κ2) is 7.25. The van der Waals surface area contributed by atoms with Crippen molar-refractivity contribution in [2.24, 2.45) is 0 Å². The van der Waals surface area contributed by atoms with Crippen molar-refractivity contribution < 1.29 is 44.7 Å². The van der Waals surface area contributed by atoms with E-state index in [2.05, 4.69) is 0 Å². The van der Waals surface area contributed by atoms with Crippen LogP contribution in [0, 0.1) is 46.5 Å². The molecule has 0 aliphatic carbocycles. The number of nitrogens with zero attached hydrogens (tertiary/aromatic N) is 1. The van der Waals surface area contributed by atoms with E-state index >= 15 is 4.39 Å². The van der Waals surface area contributed by atoms with Crippen LogP contribution in [0.2, 0.25) is 0 Å². The molecule has 0 unspecified atom stereocenters. The summed E-state index contributed by atoms with van der Waals surface area (Å²) < 4.78 is 118. The summed E-state index contributed by atoms with van der Waals surface area (Å²) >= 11 is 0. The molecular weight excluding hydrogens is 438 g/mol. The number of carbonyl (C=O) groups is 1. The van der Waals surface area contributed by atoms with Crippen molar-refractivity contribution >= 4 is 17.3 Å². The molecule has 0 aromatic heterocycles. The number of hydrogen-bond acceptors (Lipinski definition) is 2. The Kier molecular flexibility index (Phi) is 4.83. The standard InChI is InChI=1S/C20H7F8NO2/c21-11-9(12(22)16(26)17(27)15(11)25)10-13(23)18(28)20-19(14(10)24)29(8(30)6-31-20)7-4-2-1-3-5-7/h1-5H,6H2. The Hall–Kier alpha value is -3.63. The van der Waals surface area contributed by atoms with Gasteiger partial charge in [0.15, 0.2) is 47.3 Å². The van der Waals surface area contributed by atoms with Gasteiger partial charge >= 0.3 is 0 Å². The summed E-state index contributed by atoms with van der Waals surface area (Å²) in [5.74, 6) is -21.0. The van der Waals surface area contributed by atoms with Crippen LogP contribution in [-0.2, 0) is 4.79 Å². The molecule has 3 aromatic carbocycles. The molecule has 31 heavy (non-hydrogen) atoms. The fraction of sp³-hybridized carbons (Fsp3) is 0.0500. The molecule has 0 spiro atoms. The molecule has 1 heterocycles. The summed E-state index contributed by atoms with van der Waals surface area (Å²) in [5.41, 5.74) is -5.05. The van der Waals surface area contributed by atoms with Crippen LogP contribution in [-0.4, -0.2) is 12.5 Å². The van der Waals surface area contributed by atoms with Gasteiger partial charge in [0.2, 0.25) is 11.6 Å². The first-order chi connectivity index (χ1) is 14.7. The summed E-state index contributed by atoms with van der Waals surface area (Å²) in [7, 11) is 0. The van der Waals surface area contributed by atoms with Gasteiger partial charge in [0.05, 0.1) is 11.1 Å². The predicted octanol–water partition coefficient (Wildman–Crippen LogP) is 5.52. The Bertz CT molecular complexity index is 1220. The minimum atomic E-state index is -2.57. The second-order valence-electron chi connectivity index (χ2n) is 6.29. The lowest BCUT2D eigenvalue weighted by atomic mass is 9.99. The third kappa shape index (κ3) is 2.91. The highest BCUT2D eigenvalue weighted by molar-refractivity contribution is 6.05. The van der Waals surface area contributed by atoms with E-state index in [9.17, 15) is 35.5 Å². The average Bonchev–Trinajstić information content (AvgIpc) is 2.77. The van der Waals surface area contributed by atoms with Gasteiger partial charge in [-0.3, -0.25) is 9.69 Å². The Morgan fingerprint density at radius 3 is 1.71 bits per heavy atom. The topological polar surface area (TPSA) is 29.5 Å². The minimum absolute atomic E-state index is 0.0506. The van der Waals surface area contributed by atoms with Crippen LogP contribution in [0.3, 0.4) is 0 Å². The molecule has 160 valence electrons. The lowest BCUT2D eigenvalue weighted by Crippen LogP contribution is -2.36. The first-order valence-corrected chi connectivity index (χ1v) is 8.39. The summed E-state index contributed by atoms with van der Waals surface area (Å²) in [6.45, 7) is -0.834. The smallest absolute Gasteiger partial charge is 0.269 e. The summed E-state index contributed by atoms with van der Waals surface area (Å²) in [6.07, 6.45) is 0. The lowest BCUT2D eigenvalue weighted by Gasteiger charge is -2.31. The van der Waals surface area contributed by atoms with Crippen LogP contribution >= 0.6 is 0 Å². The van der Waals surface area contributed by atoms with Gasteiger partial charge in [-0.15, -0.1) is 0 Å². The van der Waals surface area contributed by atoms with Crippen LogP contribution in [0.15, 0.2) is 30.3 Å². The zero-order chi connectivity index (χ0) is 22.6. The van der Waals surface area contributed by atoms with Gasteiger partial charge in [-0.05, 0) is 12.1 Å². The van der Waals surface area contributed by atoms with E-state index in [4.69, 9.17) is 4.74 Å². The van der Waals surface area contributed by atoms with Gasteiger partial charge in [0.25, 0.3) is 5.91 Å². The Morgan fingerprint density at radius 2 is 1.13 bits per heavy atom. The van der Waals surface area contributed by atoms with E-state index in [0.717, 1.165) is 0 Å². The quantitative estimate of drug-likeness (QED) is 0.295. The fourth-order valence-corrected chi connectivity index (χ4v) is 3.18. The number of halogens is 8. The molecule has 4 rings (SSSR count). The summed E-state index contributed by atoms with van der Waals surface area (Å²) in [4.78, 5) is 12.9. The number of hydrogen-bond donors (Lipinski definition) is 0. The van der Waals surface area contributed by atoms with E-state index < -0.39 is 81.6 Å². The minimum Gasteiger partial charge on any atom is -0.478 e. The predicted molar refractivity (Wildman–Crippen MR) is 90.6 cm³/mol. The fourth-order valence-electron chi connectivity index (χ4n) is 3.18. The zero-order valence-corrected chi connectivity index (χ0v) is 14.9. The normalized spacial score (nSPS) is 13.3. The monoisotopic (exact) mass is 445 g/mol. The molecule has 0 atom stereocenters. The molecule has 1 aliphatic heterocycles. The third-order valence-electron chi connectivity index (χ3n) is 4.54. The molecule has 0 fully saturated rings. The van der Waals surface area contributed by atoms with Gasteiger partial charge in [-0.1, -0.05) is 18.2 Å². The van der Waals surface area contributed by atoms with Gasteiger partial charge in [-0.2, -0.15) is 4.39 Å². The molecule has 0 saturated heterocycles. The van der Waals surface area contributed by atoms with Crippen molar-refractivity contribution in [3.05, 3.63) is 76.9 Å². The molecular formula is C20H7F8NO2. The van der Waals surface area contributed by atoms with Crippen LogP contribution in [0.5, 0.6) is 5.75 Å². The molecule has 3 aromatic rings. The van der Waals surface area contributed by atoms with Crippen LogP contribution in [0.25, 0.3) is 11.1 Å². The first kappa shape index (κ1) is 20.6. The van der Waals surface area contributed by atoms with Crippen molar-refractivity contribution in [3.8, 4) is 16.9 Å². The van der Waals surface area contributed by atoms with E-state index in [1.807, 2.05) is 0 Å². The lowest BCUT2D eigenvalue weighted by molar-refractivity contribution is -0.120. The molecule has 1 aliphatic rings. The highest BCUT2D eigenvalue weighted by Crippen LogP contribution is 2.47. The van der Waals surface area contributed by atoms with Crippen molar-refractivity contribution in [2.75, 3.05) is 11.5 Å². The van der Waals surface area contributed by atoms with E-state index in [1.54, 1.807) is 0 Å². The van der Waals surface area contributed by atoms with Crippen LogP contribution in [0.4, 0.5) is 46.5 Å². The molecule has 3 nitrogen and oxygen atoms in total. The maximum atomic E-state index is 15.4. The SMILES string of the molecule is O=C1COc2c(F)c(F)c(-c3c(F)c(F)c(F)c(F)c3F)c(F)c2N1c1ccccc1. The van der Waals surface area contributed by atoms with E-state index in [1.165, 1.54) is 30.3 Å². The highest BCUT2D eigenvalue weighted by Gasteiger charge is 2.39. The Morgan fingerprint density at radius 1 is 0.645 bits per heavy atom. The van der Waals surface area contributed by atoms with Crippen molar-refractivity contribution in [1.82, 2.24) is 0 Å². The van der Waals surface area contributed by atoms with Gasteiger partial charge < -0.3 is 4.74 Å². The highest BCUT2D eigenvalue weighted by atomic mass is 19.2. The molecule has 1 amide bonds. The number of rotatable bonds is 2. The molecule has 0 bridgehead atoms.